The Morgan fingerprint density at radius 1 is 1.29 bits per heavy atom. The maximum Gasteiger partial charge on any atom is 0.264 e. The van der Waals surface area contributed by atoms with Crippen LogP contribution in [0.4, 0.5) is 8.78 Å². The van der Waals surface area contributed by atoms with E-state index < -0.39 is 12.0 Å². The zero-order valence-electron chi connectivity index (χ0n) is 15.2. The average Bonchev–Trinajstić information content (AvgIpc) is 3.21. The first-order valence-electron chi connectivity index (χ1n) is 9.11. The fourth-order valence-corrected chi connectivity index (χ4v) is 4.21. The predicted molar refractivity (Wildman–Crippen MR) is 106 cm³/mol. The molecule has 1 saturated carbocycles. The second-order valence-electron chi connectivity index (χ2n) is 6.90. The Morgan fingerprint density at radius 2 is 2.04 bits per heavy atom. The summed E-state index contributed by atoms with van der Waals surface area (Å²) in [6.45, 7) is 0. The van der Waals surface area contributed by atoms with Gasteiger partial charge in [-0.2, -0.15) is 0 Å². The second kappa shape index (κ2) is 7.43. The lowest BCUT2D eigenvalue weighted by Crippen LogP contribution is -2.20. The van der Waals surface area contributed by atoms with Gasteiger partial charge in [-0.1, -0.05) is 25.0 Å². The van der Waals surface area contributed by atoms with Gasteiger partial charge in [0.25, 0.3) is 12.0 Å². The number of ether oxygens (including phenoxy) is 1. The van der Waals surface area contributed by atoms with Crippen molar-refractivity contribution >= 4 is 23.3 Å². The highest BCUT2D eigenvalue weighted by molar-refractivity contribution is 7.71. The standard InChI is InChI=1S/C20H19F2N3O2S/c1-27-13-8-4-5-11(9-13)15-10-14(17(21)22)16-18(23-15)25(12-6-2-3-7-12)20(28)24-19(16)26/h4-5,8-10,12,17H,2-3,6-7H2,1H3,(H,24,26,28). The molecule has 3 aromatic rings. The van der Waals surface area contributed by atoms with Crippen molar-refractivity contribution in [2.45, 2.75) is 38.2 Å². The van der Waals surface area contributed by atoms with Crippen LogP contribution in [0, 0.1) is 4.77 Å². The summed E-state index contributed by atoms with van der Waals surface area (Å²) in [5, 5.41) is -0.0952. The Bertz CT molecular complexity index is 1150. The van der Waals surface area contributed by atoms with Crippen molar-refractivity contribution in [3.8, 4) is 17.0 Å². The molecule has 28 heavy (non-hydrogen) atoms. The number of H-pyrrole nitrogens is 1. The molecule has 4 rings (SSSR count). The van der Waals surface area contributed by atoms with Gasteiger partial charge in [-0.15, -0.1) is 0 Å². The number of pyridine rings is 1. The molecule has 0 atom stereocenters. The molecule has 0 saturated heterocycles. The summed E-state index contributed by atoms with van der Waals surface area (Å²) in [6.07, 6.45) is 1.01. The number of benzene rings is 1. The van der Waals surface area contributed by atoms with Crippen LogP contribution in [0.1, 0.15) is 43.7 Å². The lowest BCUT2D eigenvalue weighted by Gasteiger charge is -2.19. The maximum atomic E-state index is 13.9. The maximum absolute atomic E-state index is 13.9. The van der Waals surface area contributed by atoms with E-state index >= 15 is 0 Å². The molecular formula is C20H19F2N3O2S. The number of halogens is 2. The second-order valence-corrected chi connectivity index (χ2v) is 7.28. The van der Waals surface area contributed by atoms with Crippen molar-refractivity contribution in [1.29, 1.82) is 0 Å². The van der Waals surface area contributed by atoms with Gasteiger partial charge in [-0.05, 0) is 43.3 Å². The molecule has 0 radical (unpaired) electrons. The van der Waals surface area contributed by atoms with Gasteiger partial charge in [0.2, 0.25) is 0 Å². The molecule has 146 valence electrons. The number of aromatic amines is 1. The number of nitrogens with one attached hydrogen (secondary N) is 1. The van der Waals surface area contributed by atoms with Crippen LogP contribution >= 0.6 is 12.2 Å². The number of aromatic nitrogens is 3. The molecule has 0 unspecified atom stereocenters. The van der Waals surface area contributed by atoms with Crippen molar-refractivity contribution < 1.29 is 13.5 Å². The SMILES string of the molecule is COc1cccc(-c2cc(C(F)F)c3c(=O)[nH]c(=S)n(C4CCCC4)c3n2)c1. The molecule has 2 aromatic heterocycles. The van der Waals surface area contributed by atoms with E-state index in [1.807, 2.05) is 0 Å². The Labute approximate surface area is 165 Å². The van der Waals surface area contributed by atoms with Crippen molar-refractivity contribution in [2.24, 2.45) is 0 Å². The zero-order valence-corrected chi connectivity index (χ0v) is 16.1. The third-order valence-electron chi connectivity index (χ3n) is 5.22. The molecule has 1 aliphatic rings. The van der Waals surface area contributed by atoms with Gasteiger partial charge in [0.05, 0.1) is 18.2 Å². The molecular weight excluding hydrogens is 384 g/mol. The van der Waals surface area contributed by atoms with Crippen LogP contribution < -0.4 is 10.3 Å². The number of hydrogen-bond donors (Lipinski definition) is 1. The van der Waals surface area contributed by atoms with Crippen LogP contribution in [0.3, 0.4) is 0 Å². The number of rotatable bonds is 4. The quantitative estimate of drug-likeness (QED) is 0.610. The van der Waals surface area contributed by atoms with Crippen molar-refractivity contribution in [3.05, 3.63) is 51.0 Å². The molecule has 5 nitrogen and oxygen atoms in total. The first-order valence-corrected chi connectivity index (χ1v) is 9.52. The molecule has 1 aromatic carbocycles. The smallest absolute Gasteiger partial charge is 0.264 e. The molecule has 0 amide bonds. The van der Waals surface area contributed by atoms with E-state index in [2.05, 4.69) is 9.97 Å². The molecule has 0 aliphatic heterocycles. The van der Waals surface area contributed by atoms with E-state index in [0.717, 1.165) is 25.7 Å². The number of fused-ring (bicyclic) bond motifs is 1. The summed E-state index contributed by atoms with van der Waals surface area (Å²) in [5.41, 5.74) is 0.233. The topological polar surface area (TPSA) is 59.9 Å². The first-order chi connectivity index (χ1) is 13.5. The van der Waals surface area contributed by atoms with Crippen molar-refractivity contribution in [2.75, 3.05) is 7.11 Å². The van der Waals surface area contributed by atoms with Crippen LogP contribution in [0.25, 0.3) is 22.3 Å². The Balaban J connectivity index is 2.07. The first kappa shape index (κ1) is 18.7. The molecule has 0 bridgehead atoms. The van der Waals surface area contributed by atoms with Gasteiger partial charge >= 0.3 is 0 Å². The third kappa shape index (κ3) is 3.22. The summed E-state index contributed by atoms with van der Waals surface area (Å²) in [4.78, 5) is 19.7. The number of nitrogens with zero attached hydrogens (tertiary/aromatic N) is 2. The summed E-state index contributed by atoms with van der Waals surface area (Å²) < 4.78 is 35.0. The monoisotopic (exact) mass is 403 g/mol. The molecule has 1 N–H and O–H groups in total. The summed E-state index contributed by atoms with van der Waals surface area (Å²) in [6, 6.07) is 8.36. The van der Waals surface area contributed by atoms with E-state index in [9.17, 15) is 13.6 Å². The molecule has 2 heterocycles. The minimum atomic E-state index is -2.82. The number of alkyl halides is 2. The average molecular weight is 403 g/mol. The van der Waals surface area contributed by atoms with Gasteiger partial charge in [-0.25, -0.2) is 13.8 Å². The zero-order chi connectivity index (χ0) is 19.8. The molecule has 0 spiro atoms. The highest BCUT2D eigenvalue weighted by Crippen LogP contribution is 2.35. The van der Waals surface area contributed by atoms with Crippen LogP contribution in [0.5, 0.6) is 5.75 Å². The lowest BCUT2D eigenvalue weighted by molar-refractivity contribution is 0.153. The van der Waals surface area contributed by atoms with E-state index in [1.165, 1.54) is 13.2 Å². The largest absolute Gasteiger partial charge is 0.497 e. The van der Waals surface area contributed by atoms with Crippen molar-refractivity contribution in [3.63, 3.8) is 0 Å². The minimum absolute atomic E-state index is 0.0467. The van der Waals surface area contributed by atoms with Crippen molar-refractivity contribution in [1.82, 2.24) is 14.5 Å². The predicted octanol–water partition coefficient (Wildman–Crippen LogP) is 5.18. The normalized spacial score (nSPS) is 14.9. The Morgan fingerprint density at radius 3 is 2.71 bits per heavy atom. The highest BCUT2D eigenvalue weighted by Gasteiger charge is 2.25. The van der Waals surface area contributed by atoms with Gasteiger partial charge < -0.3 is 4.74 Å². The fraction of sp³-hybridized carbons (Fsp3) is 0.350. The number of hydrogen-bond acceptors (Lipinski definition) is 4. The van der Waals surface area contributed by atoms with E-state index in [-0.39, 0.29) is 27.4 Å². The van der Waals surface area contributed by atoms with E-state index in [4.69, 9.17) is 17.0 Å². The summed E-state index contributed by atoms with van der Waals surface area (Å²) in [5.74, 6) is 0.594. The van der Waals surface area contributed by atoms with Crippen LogP contribution in [-0.4, -0.2) is 21.6 Å². The highest BCUT2D eigenvalue weighted by atomic mass is 32.1. The fourth-order valence-electron chi connectivity index (χ4n) is 3.88. The molecule has 1 fully saturated rings. The number of methoxy groups -OCH3 is 1. The lowest BCUT2D eigenvalue weighted by atomic mass is 10.1. The molecule has 8 heteroatoms. The van der Waals surface area contributed by atoms with Crippen LogP contribution in [0.2, 0.25) is 0 Å². The van der Waals surface area contributed by atoms with E-state index in [0.29, 0.717) is 17.0 Å². The summed E-state index contributed by atoms with van der Waals surface area (Å²) in [7, 11) is 1.54. The van der Waals surface area contributed by atoms with Gasteiger partial charge in [0.1, 0.15) is 11.4 Å². The van der Waals surface area contributed by atoms with Gasteiger partial charge in [0, 0.05) is 17.2 Å². The van der Waals surface area contributed by atoms with Crippen LogP contribution in [-0.2, 0) is 0 Å². The Kier molecular flexibility index (Phi) is 4.97. The van der Waals surface area contributed by atoms with E-state index in [1.54, 1.807) is 28.8 Å². The van der Waals surface area contributed by atoms with Crippen LogP contribution in [0.15, 0.2) is 35.1 Å². The third-order valence-corrected chi connectivity index (χ3v) is 5.51. The molecule has 1 aliphatic carbocycles. The van der Waals surface area contributed by atoms with Gasteiger partial charge in [-0.3, -0.25) is 14.3 Å². The summed E-state index contributed by atoms with van der Waals surface area (Å²) >= 11 is 5.37. The van der Waals surface area contributed by atoms with Gasteiger partial charge in [0.15, 0.2) is 4.77 Å². The minimum Gasteiger partial charge on any atom is -0.497 e. The Hall–Kier alpha value is -2.61.